The number of aromatic nitrogens is 2. The maximum atomic E-state index is 9.66. The van der Waals surface area contributed by atoms with Crippen molar-refractivity contribution < 1.29 is 5.11 Å². The van der Waals surface area contributed by atoms with E-state index in [1.807, 2.05) is 6.20 Å². The summed E-state index contributed by atoms with van der Waals surface area (Å²) in [6.45, 7) is 1.93. The molecule has 1 fully saturated rings. The summed E-state index contributed by atoms with van der Waals surface area (Å²) in [6.07, 6.45) is 4.19. The van der Waals surface area contributed by atoms with Crippen LogP contribution in [0.25, 0.3) is 0 Å². The minimum atomic E-state index is -0.359. The average Bonchev–Trinajstić information content (AvgIpc) is 2.49. The number of imidazole rings is 1. The van der Waals surface area contributed by atoms with Gasteiger partial charge < -0.3 is 15.0 Å². The number of hydrogen-bond acceptors (Lipinski definition) is 3. The standard InChI is InChI=1S/C8H11N3O/c12-6-3-8(4-9-5-8)11-2-1-10-7(6)11/h1-2,6,9,12H,3-5H2/t6-/m0/s1. The van der Waals surface area contributed by atoms with Gasteiger partial charge in [-0.1, -0.05) is 0 Å². The molecule has 0 bridgehead atoms. The molecule has 1 aromatic rings. The summed E-state index contributed by atoms with van der Waals surface area (Å²) in [5, 5.41) is 12.9. The Morgan fingerprint density at radius 3 is 3.17 bits per heavy atom. The number of rotatable bonds is 0. The Labute approximate surface area is 70.2 Å². The van der Waals surface area contributed by atoms with Gasteiger partial charge in [-0.25, -0.2) is 4.98 Å². The fourth-order valence-corrected chi connectivity index (χ4v) is 2.24. The second-order valence-corrected chi connectivity index (χ2v) is 3.70. The first-order valence-corrected chi connectivity index (χ1v) is 4.24. The van der Waals surface area contributed by atoms with E-state index >= 15 is 0 Å². The summed E-state index contributed by atoms with van der Waals surface area (Å²) in [5.41, 5.74) is 0.144. The van der Waals surface area contributed by atoms with E-state index in [1.165, 1.54) is 0 Å². The second kappa shape index (κ2) is 1.89. The van der Waals surface area contributed by atoms with E-state index in [0.717, 1.165) is 25.3 Å². The fourth-order valence-electron chi connectivity index (χ4n) is 2.24. The number of fused-ring (bicyclic) bond motifs is 2. The van der Waals surface area contributed by atoms with Crippen molar-refractivity contribution in [3.8, 4) is 0 Å². The fraction of sp³-hybridized carbons (Fsp3) is 0.625. The van der Waals surface area contributed by atoms with Crippen LogP contribution in [-0.2, 0) is 5.54 Å². The lowest BCUT2D eigenvalue weighted by atomic mass is 9.89. The minimum Gasteiger partial charge on any atom is -0.385 e. The number of hydrogen-bond donors (Lipinski definition) is 2. The van der Waals surface area contributed by atoms with E-state index in [4.69, 9.17) is 0 Å². The molecule has 0 unspecified atom stereocenters. The zero-order valence-electron chi connectivity index (χ0n) is 6.70. The smallest absolute Gasteiger partial charge is 0.138 e. The summed E-state index contributed by atoms with van der Waals surface area (Å²) < 4.78 is 2.12. The molecule has 2 aliphatic rings. The van der Waals surface area contributed by atoms with Gasteiger partial charge in [0.05, 0.1) is 5.54 Å². The molecule has 0 amide bonds. The Morgan fingerprint density at radius 1 is 1.67 bits per heavy atom. The van der Waals surface area contributed by atoms with Gasteiger partial charge in [-0.15, -0.1) is 0 Å². The van der Waals surface area contributed by atoms with Crippen LogP contribution in [0.1, 0.15) is 18.3 Å². The molecule has 1 aromatic heterocycles. The number of aliphatic hydroxyl groups is 1. The zero-order chi connectivity index (χ0) is 8.18. The maximum Gasteiger partial charge on any atom is 0.138 e. The van der Waals surface area contributed by atoms with E-state index in [2.05, 4.69) is 14.9 Å². The molecule has 2 aliphatic heterocycles. The monoisotopic (exact) mass is 165 g/mol. The quantitative estimate of drug-likeness (QED) is 0.551. The van der Waals surface area contributed by atoms with Crippen molar-refractivity contribution in [3.63, 3.8) is 0 Å². The molecule has 4 heteroatoms. The Balaban J connectivity index is 2.13. The van der Waals surface area contributed by atoms with Crippen molar-refractivity contribution in [1.82, 2.24) is 14.9 Å². The molecular formula is C8H11N3O. The molecule has 4 nitrogen and oxygen atoms in total. The van der Waals surface area contributed by atoms with Gasteiger partial charge in [-0.2, -0.15) is 0 Å². The van der Waals surface area contributed by atoms with Gasteiger partial charge in [0.15, 0.2) is 0 Å². The van der Waals surface area contributed by atoms with Gasteiger partial charge in [0, 0.05) is 31.9 Å². The van der Waals surface area contributed by atoms with Crippen molar-refractivity contribution in [3.05, 3.63) is 18.2 Å². The SMILES string of the molecule is O[C@H]1CC2(CNC2)n2ccnc21. The molecule has 0 radical (unpaired) electrons. The molecule has 1 spiro atoms. The van der Waals surface area contributed by atoms with Gasteiger partial charge in [0.1, 0.15) is 11.9 Å². The van der Waals surface area contributed by atoms with Crippen LogP contribution >= 0.6 is 0 Å². The van der Waals surface area contributed by atoms with Crippen LogP contribution in [0, 0.1) is 0 Å². The van der Waals surface area contributed by atoms with Gasteiger partial charge in [-0.3, -0.25) is 0 Å². The highest BCUT2D eigenvalue weighted by Crippen LogP contribution is 2.40. The Bertz CT molecular complexity index is 316. The van der Waals surface area contributed by atoms with Gasteiger partial charge >= 0.3 is 0 Å². The molecule has 3 rings (SSSR count). The number of nitrogens with zero attached hydrogens (tertiary/aromatic N) is 2. The van der Waals surface area contributed by atoms with E-state index in [1.54, 1.807) is 6.20 Å². The highest BCUT2D eigenvalue weighted by molar-refractivity contribution is 5.16. The van der Waals surface area contributed by atoms with Crippen LogP contribution in [0.5, 0.6) is 0 Å². The van der Waals surface area contributed by atoms with Gasteiger partial charge in [0.25, 0.3) is 0 Å². The first-order valence-electron chi connectivity index (χ1n) is 4.24. The summed E-state index contributed by atoms with van der Waals surface area (Å²) in [6, 6.07) is 0. The molecule has 1 atom stereocenters. The third kappa shape index (κ3) is 0.585. The van der Waals surface area contributed by atoms with Crippen molar-refractivity contribution in [1.29, 1.82) is 0 Å². The predicted octanol–water partition coefficient (Wildman–Crippen LogP) is -0.381. The first kappa shape index (κ1) is 6.62. The highest BCUT2D eigenvalue weighted by atomic mass is 16.3. The van der Waals surface area contributed by atoms with Crippen LogP contribution in [0.3, 0.4) is 0 Å². The van der Waals surface area contributed by atoms with E-state index < -0.39 is 0 Å². The molecule has 1 saturated heterocycles. The summed E-state index contributed by atoms with van der Waals surface area (Å²) in [4.78, 5) is 4.14. The van der Waals surface area contributed by atoms with Gasteiger partial charge in [0.2, 0.25) is 0 Å². The van der Waals surface area contributed by atoms with Crippen molar-refractivity contribution in [2.45, 2.75) is 18.1 Å². The highest BCUT2D eigenvalue weighted by Gasteiger charge is 2.47. The second-order valence-electron chi connectivity index (χ2n) is 3.70. The largest absolute Gasteiger partial charge is 0.385 e. The Morgan fingerprint density at radius 2 is 2.50 bits per heavy atom. The molecule has 64 valence electrons. The van der Waals surface area contributed by atoms with Crippen LogP contribution < -0.4 is 5.32 Å². The van der Waals surface area contributed by atoms with Crippen LogP contribution in [0.4, 0.5) is 0 Å². The first-order chi connectivity index (χ1) is 5.82. The Kier molecular flexibility index (Phi) is 1.04. The Hall–Kier alpha value is -0.870. The lowest BCUT2D eigenvalue weighted by Crippen LogP contribution is -2.58. The molecule has 2 N–H and O–H groups in total. The van der Waals surface area contributed by atoms with E-state index in [-0.39, 0.29) is 11.6 Å². The van der Waals surface area contributed by atoms with Crippen molar-refractivity contribution >= 4 is 0 Å². The summed E-state index contributed by atoms with van der Waals surface area (Å²) in [5.74, 6) is 0.830. The summed E-state index contributed by atoms with van der Waals surface area (Å²) >= 11 is 0. The molecule has 0 aliphatic carbocycles. The van der Waals surface area contributed by atoms with Crippen LogP contribution in [0.15, 0.2) is 12.4 Å². The van der Waals surface area contributed by atoms with Crippen LogP contribution in [-0.4, -0.2) is 27.7 Å². The zero-order valence-corrected chi connectivity index (χ0v) is 6.70. The lowest BCUT2D eigenvalue weighted by Gasteiger charge is -2.40. The minimum absolute atomic E-state index is 0.144. The molecule has 0 saturated carbocycles. The van der Waals surface area contributed by atoms with Crippen molar-refractivity contribution in [2.24, 2.45) is 0 Å². The predicted molar refractivity (Wildman–Crippen MR) is 42.6 cm³/mol. The van der Waals surface area contributed by atoms with Crippen molar-refractivity contribution in [2.75, 3.05) is 13.1 Å². The maximum absolute atomic E-state index is 9.66. The molecule has 3 heterocycles. The third-order valence-corrected chi connectivity index (χ3v) is 2.96. The lowest BCUT2D eigenvalue weighted by molar-refractivity contribution is 0.113. The molecule has 0 aromatic carbocycles. The summed E-state index contributed by atoms with van der Waals surface area (Å²) in [7, 11) is 0. The third-order valence-electron chi connectivity index (χ3n) is 2.96. The number of aliphatic hydroxyl groups excluding tert-OH is 1. The van der Waals surface area contributed by atoms with Gasteiger partial charge in [-0.05, 0) is 0 Å². The number of nitrogens with one attached hydrogen (secondary N) is 1. The van der Waals surface area contributed by atoms with Crippen LogP contribution in [0.2, 0.25) is 0 Å². The molecule has 12 heavy (non-hydrogen) atoms. The molecular weight excluding hydrogens is 154 g/mol. The normalized spacial score (nSPS) is 30.2. The van der Waals surface area contributed by atoms with E-state index in [0.29, 0.717) is 0 Å². The average molecular weight is 165 g/mol. The topological polar surface area (TPSA) is 50.1 Å². The van der Waals surface area contributed by atoms with E-state index in [9.17, 15) is 5.11 Å².